The Labute approximate surface area is 92.6 Å². The standard InChI is InChI=1S/C11H14BrNO/c12-10-6-8(2-1-4-13)11-9(7-10)3-5-14-11/h6-7H,1-5,13H2. The van der Waals surface area contributed by atoms with Crippen LogP contribution in [0.25, 0.3) is 0 Å². The molecule has 0 radical (unpaired) electrons. The lowest BCUT2D eigenvalue weighted by molar-refractivity contribution is 0.353. The summed E-state index contributed by atoms with van der Waals surface area (Å²) in [5.74, 6) is 1.10. The summed E-state index contributed by atoms with van der Waals surface area (Å²) in [6, 6.07) is 4.29. The minimum Gasteiger partial charge on any atom is -0.493 e. The molecule has 0 bridgehead atoms. The van der Waals surface area contributed by atoms with Crippen molar-refractivity contribution < 1.29 is 4.74 Å². The summed E-state index contributed by atoms with van der Waals surface area (Å²) < 4.78 is 6.77. The maximum atomic E-state index is 5.62. The van der Waals surface area contributed by atoms with Crippen molar-refractivity contribution in [2.24, 2.45) is 5.73 Å². The van der Waals surface area contributed by atoms with Gasteiger partial charge in [0.15, 0.2) is 0 Å². The fourth-order valence-electron chi connectivity index (χ4n) is 1.82. The van der Waals surface area contributed by atoms with Crippen LogP contribution in [-0.4, -0.2) is 13.2 Å². The average molecular weight is 256 g/mol. The molecule has 0 saturated heterocycles. The molecule has 14 heavy (non-hydrogen) atoms. The van der Waals surface area contributed by atoms with Gasteiger partial charge < -0.3 is 10.5 Å². The van der Waals surface area contributed by atoms with Crippen LogP contribution < -0.4 is 10.5 Å². The van der Waals surface area contributed by atoms with E-state index in [0.717, 1.165) is 42.6 Å². The molecule has 2 rings (SSSR count). The van der Waals surface area contributed by atoms with Gasteiger partial charge in [-0.25, -0.2) is 0 Å². The molecule has 1 aliphatic heterocycles. The Bertz CT molecular complexity index is 338. The SMILES string of the molecule is NCCCc1cc(Br)cc2c1OCC2. The number of ether oxygens (including phenoxy) is 1. The van der Waals surface area contributed by atoms with Crippen molar-refractivity contribution in [3.63, 3.8) is 0 Å². The first kappa shape index (κ1) is 9.99. The number of halogens is 1. The molecular formula is C11H14BrNO. The molecule has 2 nitrogen and oxygen atoms in total. The fourth-order valence-corrected chi connectivity index (χ4v) is 2.38. The van der Waals surface area contributed by atoms with Gasteiger partial charge in [0.1, 0.15) is 5.75 Å². The molecule has 0 saturated carbocycles. The molecule has 3 heteroatoms. The Kier molecular flexibility index (Phi) is 3.08. The number of fused-ring (bicyclic) bond motifs is 1. The predicted octanol–water partition coefficient (Wildman–Crippen LogP) is 2.28. The molecule has 76 valence electrons. The average Bonchev–Trinajstić information content (AvgIpc) is 2.61. The molecular weight excluding hydrogens is 242 g/mol. The van der Waals surface area contributed by atoms with Crippen LogP contribution in [0.5, 0.6) is 5.75 Å². The molecule has 0 atom stereocenters. The van der Waals surface area contributed by atoms with Gasteiger partial charge in [-0.2, -0.15) is 0 Å². The van der Waals surface area contributed by atoms with Gasteiger partial charge in [-0.15, -0.1) is 0 Å². The van der Waals surface area contributed by atoms with E-state index in [9.17, 15) is 0 Å². The molecule has 0 unspecified atom stereocenters. The van der Waals surface area contributed by atoms with Gasteiger partial charge in [-0.3, -0.25) is 0 Å². The molecule has 1 heterocycles. The smallest absolute Gasteiger partial charge is 0.125 e. The zero-order valence-corrected chi connectivity index (χ0v) is 9.64. The summed E-state index contributed by atoms with van der Waals surface area (Å²) in [4.78, 5) is 0. The van der Waals surface area contributed by atoms with E-state index in [0.29, 0.717) is 0 Å². The Morgan fingerprint density at radius 2 is 2.29 bits per heavy atom. The minimum atomic E-state index is 0.737. The lowest BCUT2D eigenvalue weighted by atomic mass is 10.0. The van der Waals surface area contributed by atoms with E-state index in [1.165, 1.54) is 11.1 Å². The second-order valence-corrected chi connectivity index (χ2v) is 4.46. The normalized spacial score (nSPS) is 13.9. The molecule has 1 aromatic carbocycles. The summed E-state index contributed by atoms with van der Waals surface area (Å²) in [6.07, 6.45) is 3.06. The molecule has 0 aromatic heterocycles. The lowest BCUT2D eigenvalue weighted by Gasteiger charge is -2.08. The third-order valence-electron chi connectivity index (χ3n) is 2.48. The third-order valence-corrected chi connectivity index (χ3v) is 2.93. The highest BCUT2D eigenvalue weighted by atomic mass is 79.9. The zero-order valence-electron chi connectivity index (χ0n) is 8.05. The first-order chi connectivity index (χ1) is 6.81. The van der Waals surface area contributed by atoms with Crippen LogP contribution in [0.3, 0.4) is 0 Å². The first-order valence-corrected chi connectivity index (χ1v) is 5.74. The maximum absolute atomic E-state index is 5.62. The van der Waals surface area contributed by atoms with Crippen LogP contribution in [0.2, 0.25) is 0 Å². The Morgan fingerprint density at radius 3 is 3.07 bits per heavy atom. The number of benzene rings is 1. The first-order valence-electron chi connectivity index (χ1n) is 4.95. The van der Waals surface area contributed by atoms with Crippen molar-refractivity contribution in [3.05, 3.63) is 27.7 Å². The molecule has 2 N–H and O–H groups in total. The van der Waals surface area contributed by atoms with Crippen molar-refractivity contribution in [1.29, 1.82) is 0 Å². The number of hydrogen-bond donors (Lipinski definition) is 1. The van der Waals surface area contributed by atoms with Crippen LogP contribution in [0.4, 0.5) is 0 Å². The van der Waals surface area contributed by atoms with Crippen LogP contribution in [0, 0.1) is 0 Å². The number of aryl methyl sites for hydroxylation is 1. The molecule has 0 fully saturated rings. The van der Waals surface area contributed by atoms with Crippen LogP contribution in [-0.2, 0) is 12.8 Å². The van der Waals surface area contributed by atoms with Crippen LogP contribution >= 0.6 is 15.9 Å². The van der Waals surface area contributed by atoms with Gasteiger partial charge in [0.25, 0.3) is 0 Å². The van der Waals surface area contributed by atoms with Gasteiger partial charge in [0.2, 0.25) is 0 Å². The Balaban J connectivity index is 2.29. The summed E-state index contributed by atoms with van der Waals surface area (Å²) in [7, 11) is 0. The largest absolute Gasteiger partial charge is 0.493 e. The predicted molar refractivity (Wildman–Crippen MR) is 60.7 cm³/mol. The van der Waals surface area contributed by atoms with Gasteiger partial charge in [0, 0.05) is 10.9 Å². The van der Waals surface area contributed by atoms with E-state index in [4.69, 9.17) is 10.5 Å². The van der Waals surface area contributed by atoms with Gasteiger partial charge >= 0.3 is 0 Å². The van der Waals surface area contributed by atoms with E-state index < -0.39 is 0 Å². The van der Waals surface area contributed by atoms with E-state index in [1.807, 2.05) is 0 Å². The second kappa shape index (κ2) is 4.32. The maximum Gasteiger partial charge on any atom is 0.125 e. The van der Waals surface area contributed by atoms with E-state index in [-0.39, 0.29) is 0 Å². The summed E-state index contributed by atoms with van der Waals surface area (Å²) >= 11 is 3.52. The number of rotatable bonds is 3. The summed E-state index contributed by atoms with van der Waals surface area (Å²) in [6.45, 7) is 1.56. The topological polar surface area (TPSA) is 35.2 Å². The lowest BCUT2D eigenvalue weighted by Crippen LogP contribution is -2.01. The third kappa shape index (κ3) is 1.93. The Morgan fingerprint density at radius 1 is 1.43 bits per heavy atom. The molecule has 0 amide bonds. The van der Waals surface area contributed by atoms with Gasteiger partial charge in [0.05, 0.1) is 6.61 Å². The van der Waals surface area contributed by atoms with E-state index >= 15 is 0 Å². The fraction of sp³-hybridized carbons (Fsp3) is 0.455. The Hall–Kier alpha value is -0.540. The zero-order chi connectivity index (χ0) is 9.97. The minimum absolute atomic E-state index is 0.737. The summed E-state index contributed by atoms with van der Waals surface area (Å²) in [5, 5.41) is 0. The highest BCUT2D eigenvalue weighted by Gasteiger charge is 2.16. The molecule has 1 aliphatic rings. The van der Waals surface area contributed by atoms with E-state index in [1.54, 1.807) is 0 Å². The van der Waals surface area contributed by atoms with Crippen molar-refractivity contribution in [3.8, 4) is 5.75 Å². The van der Waals surface area contributed by atoms with Crippen molar-refractivity contribution in [1.82, 2.24) is 0 Å². The van der Waals surface area contributed by atoms with Crippen LogP contribution in [0.15, 0.2) is 16.6 Å². The number of nitrogens with two attached hydrogens (primary N) is 1. The van der Waals surface area contributed by atoms with Crippen molar-refractivity contribution in [2.45, 2.75) is 19.3 Å². The van der Waals surface area contributed by atoms with Crippen molar-refractivity contribution in [2.75, 3.05) is 13.2 Å². The summed E-state index contributed by atoms with van der Waals surface area (Å²) in [5.41, 5.74) is 8.12. The highest BCUT2D eigenvalue weighted by Crippen LogP contribution is 2.33. The number of hydrogen-bond acceptors (Lipinski definition) is 2. The van der Waals surface area contributed by atoms with E-state index in [2.05, 4.69) is 28.1 Å². The van der Waals surface area contributed by atoms with Crippen LogP contribution in [0.1, 0.15) is 17.5 Å². The highest BCUT2D eigenvalue weighted by molar-refractivity contribution is 9.10. The quantitative estimate of drug-likeness (QED) is 0.900. The van der Waals surface area contributed by atoms with Gasteiger partial charge in [-0.1, -0.05) is 15.9 Å². The monoisotopic (exact) mass is 255 g/mol. The van der Waals surface area contributed by atoms with Gasteiger partial charge in [-0.05, 0) is 42.6 Å². The molecule has 1 aromatic rings. The second-order valence-electron chi connectivity index (χ2n) is 3.54. The molecule has 0 spiro atoms. The molecule has 0 aliphatic carbocycles. The van der Waals surface area contributed by atoms with Crippen molar-refractivity contribution >= 4 is 15.9 Å².